The molecule has 0 aliphatic carbocycles. The summed E-state index contributed by atoms with van der Waals surface area (Å²) in [6.45, 7) is -1.15. The van der Waals surface area contributed by atoms with Crippen LogP contribution in [0.2, 0.25) is 0 Å². The third-order valence-electron chi connectivity index (χ3n) is 3.71. The van der Waals surface area contributed by atoms with Gasteiger partial charge in [0, 0.05) is 19.8 Å². The molecule has 31 heavy (non-hydrogen) atoms. The van der Waals surface area contributed by atoms with E-state index in [0.29, 0.717) is 0 Å². The van der Waals surface area contributed by atoms with Gasteiger partial charge in [-0.1, -0.05) is 0 Å². The fourth-order valence-electron chi connectivity index (χ4n) is 2.31. The van der Waals surface area contributed by atoms with Crippen molar-refractivity contribution in [3.8, 4) is 0 Å². The summed E-state index contributed by atoms with van der Waals surface area (Å²) in [7, 11) is -15.4. The molecule has 4 atom stereocenters. The first kappa shape index (κ1) is 28.0. The lowest BCUT2D eigenvalue weighted by Crippen LogP contribution is -2.44. The highest BCUT2D eigenvalue weighted by atomic mass is 31.3. The van der Waals surface area contributed by atoms with Crippen molar-refractivity contribution in [2.45, 2.75) is 24.7 Å². The van der Waals surface area contributed by atoms with Gasteiger partial charge in [-0.05, 0) is 12.8 Å². The second-order valence-corrected chi connectivity index (χ2v) is 10.4. The Labute approximate surface area is 175 Å². The predicted octanol–water partition coefficient (Wildman–Crippen LogP) is -0.580. The molecule has 0 radical (unpaired) electrons. The molecular weight excluding hydrogens is 492 g/mol. The summed E-state index contributed by atoms with van der Waals surface area (Å²) < 4.78 is 64.9. The minimum Gasteiger partial charge on any atom is -0.382 e. The van der Waals surface area contributed by atoms with Crippen LogP contribution in [0.1, 0.15) is 12.8 Å². The van der Waals surface area contributed by atoms with E-state index in [-0.39, 0.29) is 25.8 Å². The fourth-order valence-corrected chi connectivity index (χ4v) is 5.40. The van der Waals surface area contributed by atoms with E-state index in [4.69, 9.17) is 30.9 Å². The number of phosphoric acid groups is 3. The first-order chi connectivity index (χ1) is 14.1. The largest absolute Gasteiger partial charge is 0.490 e. The lowest BCUT2D eigenvalue weighted by atomic mass is 10.0. The number of nitrogens with two attached hydrogens (primary N) is 2. The first-order valence-electron chi connectivity index (χ1n) is 8.06. The van der Waals surface area contributed by atoms with Gasteiger partial charge in [-0.15, -0.1) is 0 Å². The van der Waals surface area contributed by atoms with Gasteiger partial charge < -0.3 is 35.8 Å². The molecule has 8 N–H and O–H groups in total. The van der Waals surface area contributed by atoms with E-state index < -0.39 is 53.6 Å². The quantitative estimate of drug-likeness (QED) is 0.0825. The zero-order valence-corrected chi connectivity index (χ0v) is 18.6. The van der Waals surface area contributed by atoms with Gasteiger partial charge >= 0.3 is 23.5 Å². The second kappa shape index (κ2) is 10.7. The number of amidine groups is 1. The SMILES string of the molecule is C/N=C(N)\C(F)=C/N(C=O)[C@H]1CC[C@@](CN)(COP(=O)(O)OP(=O)(O)OP(=O)(O)O)O1. The number of hydrogen-bond acceptors (Lipinski definition) is 10. The molecule has 16 nitrogen and oxygen atoms in total. The van der Waals surface area contributed by atoms with Crippen LogP contribution in [-0.2, 0) is 36.4 Å². The van der Waals surface area contributed by atoms with Crippen molar-refractivity contribution in [1.29, 1.82) is 0 Å². The van der Waals surface area contributed by atoms with Crippen LogP contribution in [0, 0.1) is 0 Å². The number of carbonyl (C=O) groups excluding carboxylic acids is 1. The Hall–Kier alpha value is -1.06. The Morgan fingerprint density at radius 1 is 1.29 bits per heavy atom. The van der Waals surface area contributed by atoms with Crippen molar-refractivity contribution >= 4 is 35.7 Å². The van der Waals surface area contributed by atoms with Crippen LogP contribution in [0.5, 0.6) is 0 Å². The molecule has 0 saturated carbocycles. The molecule has 0 bridgehead atoms. The van der Waals surface area contributed by atoms with Gasteiger partial charge in [0.05, 0.1) is 6.61 Å². The van der Waals surface area contributed by atoms with Gasteiger partial charge in [-0.2, -0.15) is 8.62 Å². The molecule has 1 heterocycles. The maximum absolute atomic E-state index is 13.8. The molecule has 2 unspecified atom stereocenters. The smallest absolute Gasteiger partial charge is 0.382 e. The number of nitrogens with zero attached hydrogens (tertiary/aromatic N) is 2. The molecule has 1 saturated heterocycles. The number of ether oxygens (including phenoxy) is 1. The molecule has 20 heteroatoms. The molecule has 1 amide bonds. The van der Waals surface area contributed by atoms with E-state index in [9.17, 15) is 27.8 Å². The Balaban J connectivity index is 2.86. The van der Waals surface area contributed by atoms with Crippen LogP contribution in [-0.4, -0.2) is 68.7 Å². The molecule has 1 aliphatic heterocycles. The number of aliphatic imine (C=N–C) groups is 1. The second-order valence-electron chi connectivity index (χ2n) is 6.00. The average Bonchev–Trinajstić information content (AvgIpc) is 3.05. The lowest BCUT2D eigenvalue weighted by Gasteiger charge is -2.30. The summed E-state index contributed by atoms with van der Waals surface area (Å²) in [5, 5.41) is 0. The van der Waals surface area contributed by atoms with Gasteiger partial charge in [-0.25, -0.2) is 18.1 Å². The van der Waals surface area contributed by atoms with Crippen LogP contribution in [0.4, 0.5) is 4.39 Å². The summed E-state index contributed by atoms with van der Waals surface area (Å²) in [5.74, 6) is -1.51. The molecule has 0 aromatic rings. The Morgan fingerprint density at radius 3 is 2.39 bits per heavy atom. The normalized spacial score (nSPS) is 26.9. The van der Waals surface area contributed by atoms with Crippen LogP contribution >= 0.6 is 23.5 Å². The number of rotatable bonds is 12. The van der Waals surface area contributed by atoms with E-state index in [2.05, 4.69) is 18.1 Å². The van der Waals surface area contributed by atoms with E-state index >= 15 is 0 Å². The van der Waals surface area contributed by atoms with Gasteiger partial charge in [-0.3, -0.25) is 19.2 Å². The maximum Gasteiger partial charge on any atom is 0.490 e. The molecule has 1 fully saturated rings. The number of carbonyl (C=O) groups is 1. The fraction of sp³-hybridized carbons (Fsp3) is 0.636. The van der Waals surface area contributed by atoms with Crippen molar-refractivity contribution < 1.29 is 60.3 Å². The summed E-state index contributed by atoms with van der Waals surface area (Å²) in [4.78, 5) is 51.1. The number of hydrogen-bond donors (Lipinski definition) is 6. The average molecular weight is 514 g/mol. The Kier molecular flexibility index (Phi) is 9.66. The molecule has 0 aromatic carbocycles. The Morgan fingerprint density at radius 2 is 1.90 bits per heavy atom. The molecule has 180 valence electrons. The van der Waals surface area contributed by atoms with Crippen molar-refractivity contribution in [3.63, 3.8) is 0 Å². The zero-order chi connectivity index (χ0) is 24.1. The highest BCUT2D eigenvalue weighted by Gasteiger charge is 2.46. The van der Waals surface area contributed by atoms with Gasteiger partial charge in [0.2, 0.25) is 6.41 Å². The van der Waals surface area contributed by atoms with Crippen molar-refractivity contribution in [2.24, 2.45) is 16.5 Å². The summed E-state index contributed by atoms with van der Waals surface area (Å²) in [6, 6.07) is 0. The molecule has 0 spiro atoms. The monoisotopic (exact) mass is 514 g/mol. The highest BCUT2D eigenvalue weighted by Crippen LogP contribution is 2.66. The van der Waals surface area contributed by atoms with E-state index in [1.165, 1.54) is 7.05 Å². The third-order valence-corrected chi connectivity index (χ3v) is 7.50. The van der Waals surface area contributed by atoms with Crippen molar-refractivity contribution in [2.75, 3.05) is 20.2 Å². The maximum atomic E-state index is 13.8. The Bertz CT molecular complexity index is 865. The lowest BCUT2D eigenvalue weighted by molar-refractivity contribution is -0.137. The molecule has 1 rings (SSSR count). The van der Waals surface area contributed by atoms with Crippen LogP contribution in [0.25, 0.3) is 0 Å². The number of halogens is 1. The minimum atomic E-state index is -5.69. The van der Waals surface area contributed by atoms with Crippen molar-refractivity contribution in [3.05, 3.63) is 12.0 Å². The van der Waals surface area contributed by atoms with E-state index in [1.807, 2.05) is 0 Å². The standard InChI is InChI=1S/C11H22FN4O12P3/c1-15-10(14)8(12)4-16(7-17)9-2-3-11(5-13,26-9)6-25-30(21,22)28-31(23,24)27-29(18,19)20/h4,7,9H,2-3,5-6,13H2,1H3,(H2,14,15)(H,21,22)(H,23,24)(H2,18,19,20)/b8-4+/t9-,11-/m1/s1. The first-order valence-corrected chi connectivity index (χ1v) is 12.6. The summed E-state index contributed by atoms with van der Waals surface area (Å²) in [6.07, 6.45) is -0.0400. The number of amides is 1. The third kappa shape index (κ3) is 9.14. The van der Waals surface area contributed by atoms with E-state index in [1.54, 1.807) is 0 Å². The van der Waals surface area contributed by atoms with Crippen molar-refractivity contribution in [1.82, 2.24) is 4.90 Å². The summed E-state index contributed by atoms with van der Waals surface area (Å²) >= 11 is 0. The molecule has 0 aromatic heterocycles. The zero-order valence-electron chi connectivity index (χ0n) is 15.9. The van der Waals surface area contributed by atoms with E-state index in [0.717, 1.165) is 11.1 Å². The topological polar surface area (TPSA) is 254 Å². The highest BCUT2D eigenvalue weighted by molar-refractivity contribution is 7.66. The predicted molar refractivity (Wildman–Crippen MR) is 100 cm³/mol. The number of phosphoric ester groups is 1. The molecular formula is C11H22FN4O12P3. The van der Waals surface area contributed by atoms with Crippen LogP contribution in [0.3, 0.4) is 0 Å². The molecule has 1 aliphatic rings. The minimum absolute atomic E-state index is 0.0289. The van der Waals surface area contributed by atoms with Crippen LogP contribution in [0.15, 0.2) is 17.0 Å². The van der Waals surface area contributed by atoms with Gasteiger partial charge in [0.1, 0.15) is 11.8 Å². The van der Waals surface area contributed by atoms with Crippen LogP contribution < -0.4 is 11.5 Å². The summed E-state index contributed by atoms with van der Waals surface area (Å²) in [5.41, 5.74) is 9.38. The van der Waals surface area contributed by atoms with Gasteiger partial charge in [0.25, 0.3) is 0 Å². The van der Waals surface area contributed by atoms with Gasteiger partial charge in [0.15, 0.2) is 11.7 Å².